The SMILES string of the molecule is C[C@]12CC[C@@H](N)C[C@@H]1CC[C@@H]1[C@@H]2CC[C@]2(C)[C@@H](N)CC[C@@H]12. The maximum absolute atomic E-state index is 6.51. The molecule has 2 nitrogen and oxygen atoms in total. The predicted molar refractivity (Wildman–Crippen MR) is 87.7 cm³/mol. The second kappa shape index (κ2) is 4.71. The van der Waals surface area contributed by atoms with Crippen molar-refractivity contribution in [1.82, 2.24) is 0 Å². The van der Waals surface area contributed by atoms with Gasteiger partial charge in [0.1, 0.15) is 0 Å². The lowest BCUT2D eigenvalue weighted by Crippen LogP contribution is -2.55. The lowest BCUT2D eigenvalue weighted by molar-refractivity contribution is -0.107. The average molecular weight is 290 g/mol. The van der Waals surface area contributed by atoms with Gasteiger partial charge in [0, 0.05) is 12.1 Å². The van der Waals surface area contributed by atoms with E-state index in [1.807, 2.05) is 0 Å². The van der Waals surface area contributed by atoms with Gasteiger partial charge in [-0.25, -0.2) is 0 Å². The van der Waals surface area contributed by atoms with Crippen LogP contribution in [0.5, 0.6) is 0 Å². The fourth-order valence-electron chi connectivity index (χ4n) is 7.33. The van der Waals surface area contributed by atoms with E-state index in [-0.39, 0.29) is 0 Å². The maximum Gasteiger partial charge on any atom is 0.00957 e. The van der Waals surface area contributed by atoms with Crippen molar-refractivity contribution >= 4 is 0 Å². The summed E-state index contributed by atoms with van der Waals surface area (Å²) < 4.78 is 0. The van der Waals surface area contributed by atoms with E-state index < -0.39 is 0 Å². The predicted octanol–water partition coefficient (Wildman–Crippen LogP) is 3.68. The van der Waals surface area contributed by atoms with Gasteiger partial charge in [-0.05, 0) is 92.3 Å². The van der Waals surface area contributed by atoms with Gasteiger partial charge in [-0.15, -0.1) is 0 Å². The molecule has 4 saturated carbocycles. The molecule has 0 spiro atoms. The first-order valence-electron chi connectivity index (χ1n) is 9.46. The third-order valence-electron chi connectivity index (χ3n) is 8.78. The van der Waals surface area contributed by atoms with E-state index in [0.29, 0.717) is 22.9 Å². The van der Waals surface area contributed by atoms with Crippen LogP contribution in [0.15, 0.2) is 0 Å². The van der Waals surface area contributed by atoms with Crippen molar-refractivity contribution in [3.63, 3.8) is 0 Å². The Balaban J connectivity index is 1.62. The van der Waals surface area contributed by atoms with Gasteiger partial charge in [-0.3, -0.25) is 0 Å². The van der Waals surface area contributed by atoms with Crippen LogP contribution in [0, 0.1) is 34.5 Å². The molecular weight excluding hydrogens is 256 g/mol. The highest BCUT2D eigenvalue weighted by Gasteiger charge is 2.59. The quantitative estimate of drug-likeness (QED) is 0.715. The molecule has 0 unspecified atom stereocenters. The first kappa shape index (κ1) is 14.5. The van der Waals surface area contributed by atoms with Gasteiger partial charge in [-0.2, -0.15) is 0 Å². The molecule has 120 valence electrons. The fraction of sp³-hybridized carbons (Fsp3) is 1.00. The van der Waals surface area contributed by atoms with Crippen LogP contribution in [0.4, 0.5) is 0 Å². The molecule has 0 aromatic heterocycles. The molecule has 4 aliphatic rings. The summed E-state index contributed by atoms with van der Waals surface area (Å²) in [5, 5.41) is 0. The minimum absolute atomic E-state index is 0.454. The average Bonchev–Trinajstić information content (AvgIpc) is 2.76. The molecule has 4 rings (SSSR count). The van der Waals surface area contributed by atoms with Gasteiger partial charge in [0.25, 0.3) is 0 Å². The van der Waals surface area contributed by atoms with E-state index in [1.54, 1.807) is 0 Å². The maximum atomic E-state index is 6.51. The van der Waals surface area contributed by atoms with Gasteiger partial charge in [0.2, 0.25) is 0 Å². The fourth-order valence-corrected chi connectivity index (χ4v) is 7.33. The van der Waals surface area contributed by atoms with Crippen LogP contribution in [-0.4, -0.2) is 12.1 Å². The van der Waals surface area contributed by atoms with Gasteiger partial charge < -0.3 is 11.5 Å². The molecule has 4 aliphatic carbocycles. The van der Waals surface area contributed by atoms with Crippen molar-refractivity contribution < 1.29 is 0 Å². The van der Waals surface area contributed by atoms with Crippen LogP contribution >= 0.6 is 0 Å². The van der Waals surface area contributed by atoms with Crippen molar-refractivity contribution in [2.45, 2.75) is 83.7 Å². The Bertz CT molecular complexity index is 422. The lowest BCUT2D eigenvalue weighted by Gasteiger charge is -2.61. The number of hydrogen-bond acceptors (Lipinski definition) is 2. The van der Waals surface area contributed by atoms with Crippen molar-refractivity contribution in [3.05, 3.63) is 0 Å². The third kappa shape index (κ3) is 1.91. The largest absolute Gasteiger partial charge is 0.328 e. The second-order valence-electron chi connectivity index (χ2n) is 9.42. The monoisotopic (exact) mass is 290 g/mol. The highest BCUT2D eigenvalue weighted by atomic mass is 14.8. The Kier molecular flexibility index (Phi) is 3.25. The van der Waals surface area contributed by atoms with Crippen LogP contribution in [0.3, 0.4) is 0 Å². The number of nitrogens with two attached hydrogens (primary N) is 2. The molecule has 21 heavy (non-hydrogen) atoms. The molecule has 0 aliphatic heterocycles. The summed E-state index contributed by atoms with van der Waals surface area (Å²) >= 11 is 0. The van der Waals surface area contributed by atoms with E-state index in [0.717, 1.165) is 23.7 Å². The zero-order valence-electron chi connectivity index (χ0n) is 14.0. The Morgan fingerprint density at radius 3 is 2.29 bits per heavy atom. The molecule has 0 amide bonds. The summed E-state index contributed by atoms with van der Waals surface area (Å²) in [7, 11) is 0. The van der Waals surface area contributed by atoms with Crippen LogP contribution in [0.1, 0.15) is 71.6 Å². The van der Waals surface area contributed by atoms with Gasteiger partial charge in [0.15, 0.2) is 0 Å². The summed E-state index contributed by atoms with van der Waals surface area (Å²) in [4.78, 5) is 0. The number of rotatable bonds is 0. The molecule has 2 heteroatoms. The molecule has 0 heterocycles. The van der Waals surface area contributed by atoms with E-state index in [4.69, 9.17) is 11.5 Å². The third-order valence-corrected chi connectivity index (χ3v) is 8.78. The standard InChI is InChI=1S/C19H34N2/c1-18-9-7-13(20)11-12(18)3-4-14-15-5-6-17(21)19(15,2)10-8-16(14)18/h12-17H,3-11,20-21H2,1-2H3/t12-,13+,14-,15-,16-,17-,18-,19-/m0/s1. The minimum Gasteiger partial charge on any atom is -0.328 e. The smallest absolute Gasteiger partial charge is 0.00957 e. The summed E-state index contributed by atoms with van der Waals surface area (Å²) in [6.07, 6.45) is 12.3. The van der Waals surface area contributed by atoms with Crippen LogP contribution in [0.2, 0.25) is 0 Å². The number of fused-ring (bicyclic) bond motifs is 5. The normalized spacial score (nSPS) is 60.0. The van der Waals surface area contributed by atoms with Crippen molar-refractivity contribution in [2.24, 2.45) is 46.0 Å². The van der Waals surface area contributed by atoms with Crippen LogP contribution < -0.4 is 11.5 Å². The van der Waals surface area contributed by atoms with Gasteiger partial charge in [0.05, 0.1) is 0 Å². The molecular formula is C19H34N2. The Hall–Kier alpha value is -0.0800. The Labute approximate surface area is 130 Å². The summed E-state index contributed by atoms with van der Waals surface area (Å²) in [6, 6.07) is 0.946. The van der Waals surface area contributed by atoms with Gasteiger partial charge >= 0.3 is 0 Å². The molecule has 4 fully saturated rings. The van der Waals surface area contributed by atoms with E-state index in [2.05, 4.69) is 13.8 Å². The van der Waals surface area contributed by atoms with E-state index in [1.165, 1.54) is 57.8 Å². The topological polar surface area (TPSA) is 52.0 Å². The van der Waals surface area contributed by atoms with Crippen molar-refractivity contribution in [3.8, 4) is 0 Å². The minimum atomic E-state index is 0.454. The molecule has 0 bridgehead atoms. The number of hydrogen-bond donors (Lipinski definition) is 2. The Morgan fingerprint density at radius 1 is 0.762 bits per heavy atom. The molecule has 0 saturated heterocycles. The molecule has 8 atom stereocenters. The van der Waals surface area contributed by atoms with E-state index >= 15 is 0 Å². The first-order chi connectivity index (χ1) is 9.95. The molecule has 0 radical (unpaired) electrons. The van der Waals surface area contributed by atoms with Crippen LogP contribution in [0.25, 0.3) is 0 Å². The van der Waals surface area contributed by atoms with E-state index in [9.17, 15) is 0 Å². The zero-order chi connectivity index (χ0) is 14.8. The van der Waals surface area contributed by atoms with Gasteiger partial charge in [-0.1, -0.05) is 13.8 Å². The second-order valence-corrected chi connectivity index (χ2v) is 9.42. The summed E-state index contributed by atoms with van der Waals surface area (Å²) in [5.41, 5.74) is 13.8. The summed E-state index contributed by atoms with van der Waals surface area (Å²) in [6.45, 7) is 5.13. The Morgan fingerprint density at radius 2 is 1.48 bits per heavy atom. The zero-order valence-corrected chi connectivity index (χ0v) is 14.0. The molecule has 4 N–H and O–H groups in total. The first-order valence-corrected chi connectivity index (χ1v) is 9.46. The van der Waals surface area contributed by atoms with Crippen LogP contribution in [-0.2, 0) is 0 Å². The van der Waals surface area contributed by atoms with Crippen molar-refractivity contribution in [2.75, 3.05) is 0 Å². The molecule has 0 aromatic carbocycles. The molecule has 0 aromatic rings. The summed E-state index contributed by atoms with van der Waals surface area (Å²) in [5.74, 6) is 3.75. The highest BCUT2D eigenvalue weighted by Crippen LogP contribution is 2.65. The van der Waals surface area contributed by atoms with Crippen molar-refractivity contribution in [1.29, 1.82) is 0 Å². The lowest BCUT2D eigenvalue weighted by atomic mass is 9.45. The highest BCUT2D eigenvalue weighted by molar-refractivity contribution is 5.10.